The topological polar surface area (TPSA) is 125 Å². The number of amides is 1. The van der Waals surface area contributed by atoms with E-state index in [9.17, 15) is 33.5 Å². The average molecular weight is 581 g/mol. The number of benzene rings is 3. The highest BCUT2D eigenvalue weighted by atomic mass is 31.2. The minimum Gasteiger partial charge on any atom is -0.433 e. The fourth-order valence-electron chi connectivity index (χ4n) is 5.19. The van der Waals surface area contributed by atoms with Crippen molar-refractivity contribution < 1.29 is 38.2 Å². The molecule has 212 valence electrons. The molecule has 2 heterocycles. The van der Waals surface area contributed by atoms with Gasteiger partial charge in [0.15, 0.2) is 19.4 Å². The Morgan fingerprint density at radius 2 is 1.76 bits per heavy atom. The monoisotopic (exact) mass is 581 g/mol. The number of para-hydroxylation sites is 1. The number of hydrogen-bond donors (Lipinski definition) is 3. The number of carbonyl (C=O) groups excluding carboxylic acids is 1. The lowest BCUT2D eigenvalue weighted by molar-refractivity contribution is -0.191. The first-order chi connectivity index (χ1) is 19.2. The standard InChI is InChI=1S/C28H27BF2N3O6P/c1-4-20-24-32-19-13-12-17(15-8-10-16(11-9-15)26(36)41(2,3)39)14-21(19)33(24)23-18(25(35)34(20)28(29,37)38)6-5-7-22(23)40-27(30)31/h5-14,20,26-27,36-38H,4H2,1-3H3. The number of aromatic nitrogens is 2. The van der Waals surface area contributed by atoms with Gasteiger partial charge in [-0.2, -0.15) is 8.78 Å². The molecule has 1 aromatic heterocycles. The van der Waals surface area contributed by atoms with Gasteiger partial charge in [-0.25, -0.2) is 4.98 Å². The van der Waals surface area contributed by atoms with Gasteiger partial charge in [0.2, 0.25) is 0 Å². The molecule has 3 N–H and O–H groups in total. The van der Waals surface area contributed by atoms with Gasteiger partial charge in [-0.1, -0.05) is 43.3 Å². The Bertz CT molecular complexity index is 1680. The lowest BCUT2D eigenvalue weighted by atomic mass is 9.97. The normalized spacial score (nSPS) is 16.5. The largest absolute Gasteiger partial charge is 0.433 e. The highest BCUT2D eigenvalue weighted by Gasteiger charge is 2.43. The lowest BCUT2D eigenvalue weighted by Crippen LogP contribution is -2.53. The fraction of sp³-hybridized carbons (Fsp3) is 0.286. The molecule has 0 bridgehead atoms. The van der Waals surface area contributed by atoms with Crippen LogP contribution in [0.4, 0.5) is 8.78 Å². The summed E-state index contributed by atoms with van der Waals surface area (Å²) in [5.41, 5.74) is 2.63. The quantitative estimate of drug-likeness (QED) is 0.166. The number of nitrogens with zero attached hydrogens (tertiary/aromatic N) is 3. The first-order valence-corrected chi connectivity index (χ1v) is 15.4. The molecule has 2 atom stereocenters. The zero-order valence-corrected chi connectivity index (χ0v) is 23.3. The second kappa shape index (κ2) is 10.4. The van der Waals surface area contributed by atoms with Gasteiger partial charge in [0.05, 0.1) is 22.6 Å². The summed E-state index contributed by atoms with van der Waals surface area (Å²) in [6, 6.07) is 15.1. The third-order valence-corrected chi connectivity index (χ3v) is 8.53. The van der Waals surface area contributed by atoms with Crippen molar-refractivity contribution in [1.29, 1.82) is 0 Å². The van der Waals surface area contributed by atoms with E-state index < -0.39 is 37.4 Å². The van der Waals surface area contributed by atoms with Crippen molar-refractivity contribution >= 4 is 31.9 Å². The van der Waals surface area contributed by atoms with Gasteiger partial charge in [-0.3, -0.25) is 14.3 Å². The predicted molar refractivity (Wildman–Crippen MR) is 150 cm³/mol. The van der Waals surface area contributed by atoms with Crippen molar-refractivity contribution in [2.45, 2.75) is 37.7 Å². The second-order valence-corrected chi connectivity index (χ2v) is 13.6. The maximum atomic E-state index is 13.6. The summed E-state index contributed by atoms with van der Waals surface area (Å²) in [5.74, 6) is -5.25. The van der Waals surface area contributed by atoms with Crippen LogP contribution in [0.15, 0.2) is 60.7 Å². The van der Waals surface area contributed by atoms with E-state index in [0.29, 0.717) is 27.1 Å². The molecule has 0 aliphatic carbocycles. The van der Waals surface area contributed by atoms with Crippen LogP contribution in [0.5, 0.6) is 5.75 Å². The van der Waals surface area contributed by atoms with Gasteiger partial charge >= 0.3 is 6.61 Å². The molecule has 0 spiro atoms. The van der Waals surface area contributed by atoms with Crippen molar-refractivity contribution in [3.8, 4) is 22.6 Å². The highest BCUT2D eigenvalue weighted by molar-refractivity contribution is 7.62. The maximum absolute atomic E-state index is 13.6. The zero-order chi connectivity index (χ0) is 29.9. The van der Waals surface area contributed by atoms with Crippen LogP contribution in [-0.4, -0.2) is 69.3 Å². The zero-order valence-electron chi connectivity index (χ0n) is 22.4. The Hall–Kier alpha value is -3.57. The molecule has 0 saturated carbocycles. The van der Waals surface area contributed by atoms with E-state index in [4.69, 9.17) is 12.6 Å². The van der Waals surface area contributed by atoms with E-state index in [1.807, 2.05) is 0 Å². The number of halogens is 2. The van der Waals surface area contributed by atoms with E-state index in [0.717, 1.165) is 5.56 Å². The lowest BCUT2D eigenvalue weighted by Gasteiger charge is -2.37. The van der Waals surface area contributed by atoms with Gasteiger partial charge in [-0.05, 0) is 60.7 Å². The first kappa shape index (κ1) is 28.9. The van der Waals surface area contributed by atoms with Crippen LogP contribution in [0.25, 0.3) is 27.8 Å². The molecule has 1 amide bonds. The number of rotatable bonds is 7. The number of imidazole rings is 1. The van der Waals surface area contributed by atoms with Crippen LogP contribution in [0.2, 0.25) is 0 Å². The maximum Gasteiger partial charge on any atom is 0.387 e. The highest BCUT2D eigenvalue weighted by Crippen LogP contribution is 2.51. The summed E-state index contributed by atoms with van der Waals surface area (Å²) >= 11 is 0. The molecule has 3 aromatic carbocycles. The summed E-state index contributed by atoms with van der Waals surface area (Å²) in [7, 11) is 2.83. The molecule has 2 unspecified atom stereocenters. The molecule has 41 heavy (non-hydrogen) atoms. The van der Waals surface area contributed by atoms with Crippen LogP contribution in [0, 0.1) is 0 Å². The van der Waals surface area contributed by atoms with Crippen LogP contribution >= 0.6 is 7.14 Å². The molecule has 1 aliphatic heterocycles. The summed E-state index contributed by atoms with van der Waals surface area (Å²) in [4.78, 5) is 19.0. The van der Waals surface area contributed by atoms with Crippen molar-refractivity contribution in [2.75, 3.05) is 13.3 Å². The molecule has 1 aliphatic rings. The molecule has 4 aromatic rings. The Labute approximate surface area is 235 Å². The molecule has 0 fully saturated rings. The van der Waals surface area contributed by atoms with Gasteiger partial charge in [0, 0.05) is 0 Å². The minimum atomic E-state index is -3.20. The smallest absolute Gasteiger partial charge is 0.387 e. The third-order valence-electron chi connectivity index (χ3n) is 7.05. The summed E-state index contributed by atoms with van der Waals surface area (Å²) in [5, 5.41) is 31.2. The van der Waals surface area contributed by atoms with Crippen molar-refractivity contribution in [3.63, 3.8) is 0 Å². The van der Waals surface area contributed by atoms with Gasteiger partial charge in [0.1, 0.15) is 24.5 Å². The molecular formula is C28H27BF2N3O6P. The van der Waals surface area contributed by atoms with Crippen LogP contribution in [-0.2, 0) is 4.57 Å². The summed E-state index contributed by atoms with van der Waals surface area (Å²) < 4.78 is 45.6. The molecule has 2 radical (unpaired) electrons. The van der Waals surface area contributed by atoms with Crippen molar-refractivity contribution in [3.05, 3.63) is 77.6 Å². The molecule has 0 saturated heterocycles. The van der Waals surface area contributed by atoms with E-state index in [1.54, 1.807) is 49.4 Å². The van der Waals surface area contributed by atoms with Gasteiger partial charge in [0.25, 0.3) is 5.91 Å². The Kier molecular flexibility index (Phi) is 7.32. The van der Waals surface area contributed by atoms with Crippen molar-refractivity contribution in [2.24, 2.45) is 0 Å². The van der Waals surface area contributed by atoms with Crippen LogP contribution < -0.4 is 4.74 Å². The van der Waals surface area contributed by atoms with Gasteiger partial charge < -0.3 is 24.6 Å². The number of carbonyl (C=O) groups is 1. The predicted octanol–water partition coefficient (Wildman–Crippen LogP) is 4.58. The summed E-state index contributed by atoms with van der Waals surface area (Å²) in [6.45, 7) is 1.50. The van der Waals surface area contributed by atoms with Gasteiger partial charge in [-0.15, -0.1) is 0 Å². The van der Waals surface area contributed by atoms with E-state index in [-0.39, 0.29) is 29.2 Å². The number of fused-ring (bicyclic) bond motifs is 5. The number of alkyl halides is 2. The Morgan fingerprint density at radius 3 is 2.34 bits per heavy atom. The fourth-order valence-corrected chi connectivity index (χ4v) is 6.08. The SMILES string of the molecule is [B]C(O)(O)N1C(=O)c2cccc(OC(F)F)c2-n2c(nc3ccc(-c4ccc(C(O)P(C)(C)=O)cc4)cc32)C1CC. The number of ether oxygens (including phenoxy) is 1. The molecule has 5 rings (SSSR count). The van der Waals surface area contributed by atoms with E-state index in [2.05, 4.69) is 4.98 Å². The second-order valence-electron chi connectivity index (χ2n) is 10.3. The first-order valence-electron chi connectivity index (χ1n) is 12.7. The Balaban J connectivity index is 1.76. The van der Waals surface area contributed by atoms with Crippen molar-refractivity contribution in [1.82, 2.24) is 14.5 Å². The van der Waals surface area contributed by atoms with E-state index in [1.165, 1.54) is 36.1 Å². The Morgan fingerprint density at radius 1 is 1.10 bits per heavy atom. The molecular weight excluding hydrogens is 554 g/mol. The van der Waals surface area contributed by atoms with E-state index >= 15 is 0 Å². The number of aliphatic hydroxyl groups excluding tert-OH is 1. The average Bonchev–Trinajstić information content (AvgIpc) is 3.22. The molecule has 13 heteroatoms. The number of aliphatic hydroxyl groups is 3. The van der Waals surface area contributed by atoms with Crippen LogP contribution in [0.3, 0.4) is 0 Å². The minimum absolute atomic E-state index is 0.0437. The summed E-state index contributed by atoms with van der Waals surface area (Å²) in [6.07, 6.45) is 0.156. The number of hydrogen-bond acceptors (Lipinski definition) is 7. The van der Waals surface area contributed by atoms with Crippen LogP contribution in [0.1, 0.15) is 47.0 Å². The third kappa shape index (κ3) is 5.17. The molecule has 9 nitrogen and oxygen atoms in total.